The van der Waals surface area contributed by atoms with Gasteiger partial charge in [0.1, 0.15) is 0 Å². The van der Waals surface area contributed by atoms with Gasteiger partial charge in [-0.25, -0.2) is 0 Å². The van der Waals surface area contributed by atoms with Gasteiger partial charge in [-0.2, -0.15) is 25.3 Å². The molecule has 0 rings (SSSR count). The quantitative estimate of drug-likeness (QED) is 0.357. The second-order valence-electron chi connectivity index (χ2n) is 2.09. The highest BCUT2D eigenvalue weighted by molar-refractivity contribution is 7.80. The molecule has 0 heterocycles. The van der Waals surface area contributed by atoms with E-state index in [1.807, 2.05) is 0 Å². The largest absolute Gasteiger partial charge is 0.394 e. The van der Waals surface area contributed by atoms with E-state index < -0.39 is 6.29 Å². The van der Waals surface area contributed by atoms with Gasteiger partial charge >= 0.3 is 0 Å². The Bertz CT molecular complexity index is 87.9. The van der Waals surface area contributed by atoms with Gasteiger partial charge in [-0.15, -0.1) is 0 Å². The normalized spacial score (nSPS) is 16.4. The van der Waals surface area contributed by atoms with Crippen LogP contribution in [0.1, 0.15) is 6.42 Å². The van der Waals surface area contributed by atoms with E-state index in [0.29, 0.717) is 17.9 Å². The molecule has 0 saturated heterocycles. The molecular formula is C6H14O3S2. The summed E-state index contributed by atoms with van der Waals surface area (Å²) in [4.78, 5) is 0. The van der Waals surface area contributed by atoms with Crippen LogP contribution in [0.5, 0.6) is 0 Å². The molecule has 3 nitrogen and oxygen atoms in total. The van der Waals surface area contributed by atoms with Crippen molar-refractivity contribution in [1.29, 1.82) is 0 Å². The van der Waals surface area contributed by atoms with Crippen LogP contribution in [0.25, 0.3) is 0 Å². The standard InChI is InChI=1S/C6H14O3S2/c7-3-5(4-11)9-6(8)1-2-10/h5-8,10-11H,1-4H2. The highest BCUT2D eigenvalue weighted by Crippen LogP contribution is 2.02. The minimum Gasteiger partial charge on any atom is -0.394 e. The van der Waals surface area contributed by atoms with E-state index in [2.05, 4.69) is 25.3 Å². The molecule has 0 bridgehead atoms. The van der Waals surface area contributed by atoms with Crippen LogP contribution in [0.4, 0.5) is 0 Å². The predicted octanol–water partition coefficient (Wildman–Crippen LogP) is -0.0680. The first-order valence-corrected chi connectivity index (χ1v) is 4.67. The predicted molar refractivity (Wildman–Crippen MR) is 50.3 cm³/mol. The third-order valence-corrected chi connectivity index (χ3v) is 1.80. The maximum absolute atomic E-state index is 9.07. The number of thiol groups is 2. The summed E-state index contributed by atoms with van der Waals surface area (Å²) in [6, 6.07) is 0. The van der Waals surface area contributed by atoms with Gasteiger partial charge in [-0.3, -0.25) is 0 Å². The Balaban J connectivity index is 3.44. The Labute approximate surface area is 77.6 Å². The van der Waals surface area contributed by atoms with Crippen LogP contribution >= 0.6 is 25.3 Å². The zero-order chi connectivity index (χ0) is 8.69. The van der Waals surface area contributed by atoms with Crippen LogP contribution in [-0.2, 0) is 4.74 Å². The molecule has 0 aliphatic carbocycles. The monoisotopic (exact) mass is 198 g/mol. The Morgan fingerprint density at radius 3 is 2.36 bits per heavy atom. The molecule has 0 fully saturated rings. The summed E-state index contributed by atoms with van der Waals surface area (Å²) >= 11 is 7.84. The Kier molecular flexibility index (Phi) is 7.62. The minimum atomic E-state index is -0.836. The summed E-state index contributed by atoms with van der Waals surface area (Å²) in [5.41, 5.74) is 0. The summed E-state index contributed by atoms with van der Waals surface area (Å²) in [6.45, 7) is -0.118. The number of aliphatic hydroxyl groups is 2. The average molecular weight is 198 g/mol. The van der Waals surface area contributed by atoms with Crippen LogP contribution in [0.2, 0.25) is 0 Å². The number of aliphatic hydroxyl groups excluding tert-OH is 2. The summed E-state index contributed by atoms with van der Waals surface area (Å²) in [5.74, 6) is 0.964. The van der Waals surface area contributed by atoms with Gasteiger partial charge in [0, 0.05) is 12.2 Å². The molecule has 0 aromatic heterocycles. The molecule has 2 atom stereocenters. The van der Waals surface area contributed by atoms with Crippen molar-refractivity contribution in [2.24, 2.45) is 0 Å². The van der Waals surface area contributed by atoms with Gasteiger partial charge in [-0.1, -0.05) is 0 Å². The van der Waals surface area contributed by atoms with Crippen molar-refractivity contribution >= 4 is 25.3 Å². The molecule has 0 aliphatic rings. The lowest BCUT2D eigenvalue weighted by Crippen LogP contribution is -2.26. The summed E-state index contributed by atoms with van der Waals surface area (Å²) in [5, 5.41) is 17.7. The van der Waals surface area contributed by atoms with Crippen molar-refractivity contribution in [3.05, 3.63) is 0 Å². The number of hydrogen-bond acceptors (Lipinski definition) is 5. The summed E-state index contributed by atoms with van der Waals surface area (Å²) in [6.07, 6.45) is -0.752. The van der Waals surface area contributed by atoms with E-state index in [4.69, 9.17) is 14.9 Å². The number of hydrogen-bond donors (Lipinski definition) is 4. The van der Waals surface area contributed by atoms with Crippen molar-refractivity contribution in [3.8, 4) is 0 Å². The Morgan fingerprint density at radius 2 is 2.00 bits per heavy atom. The maximum Gasteiger partial charge on any atom is 0.155 e. The third kappa shape index (κ3) is 5.81. The van der Waals surface area contributed by atoms with E-state index in [1.165, 1.54) is 0 Å². The fourth-order valence-corrected chi connectivity index (χ4v) is 0.967. The smallest absolute Gasteiger partial charge is 0.155 e. The molecule has 5 heteroatoms. The van der Waals surface area contributed by atoms with E-state index in [-0.39, 0.29) is 12.7 Å². The zero-order valence-electron chi connectivity index (χ0n) is 6.18. The molecule has 0 aromatic rings. The molecule has 0 saturated carbocycles. The number of rotatable bonds is 6. The first-order chi connectivity index (χ1) is 5.24. The second kappa shape index (κ2) is 7.24. The van der Waals surface area contributed by atoms with Crippen LogP contribution in [0, 0.1) is 0 Å². The van der Waals surface area contributed by atoms with Gasteiger partial charge < -0.3 is 14.9 Å². The van der Waals surface area contributed by atoms with E-state index in [0.717, 1.165) is 0 Å². The lowest BCUT2D eigenvalue weighted by atomic mass is 10.4. The molecule has 0 spiro atoms. The molecule has 2 unspecified atom stereocenters. The Hall–Kier alpha value is 0.580. The molecule has 0 aliphatic heterocycles. The van der Waals surface area contributed by atoms with E-state index in [9.17, 15) is 0 Å². The average Bonchev–Trinajstić information content (AvgIpc) is 2.01. The topological polar surface area (TPSA) is 49.7 Å². The van der Waals surface area contributed by atoms with Gasteiger partial charge in [0.25, 0.3) is 0 Å². The van der Waals surface area contributed by atoms with Crippen molar-refractivity contribution in [3.63, 3.8) is 0 Å². The van der Waals surface area contributed by atoms with Crippen molar-refractivity contribution in [1.82, 2.24) is 0 Å². The molecule has 0 radical (unpaired) electrons. The van der Waals surface area contributed by atoms with Crippen LogP contribution < -0.4 is 0 Å². The molecule has 0 amide bonds. The maximum atomic E-state index is 9.07. The summed E-state index contributed by atoms with van der Waals surface area (Å²) < 4.78 is 4.97. The first-order valence-electron chi connectivity index (χ1n) is 3.40. The van der Waals surface area contributed by atoms with Crippen molar-refractivity contribution in [2.75, 3.05) is 18.1 Å². The zero-order valence-corrected chi connectivity index (χ0v) is 7.97. The molecule has 2 N–H and O–H groups in total. The van der Waals surface area contributed by atoms with Gasteiger partial charge in [0.2, 0.25) is 0 Å². The van der Waals surface area contributed by atoms with Crippen molar-refractivity contribution in [2.45, 2.75) is 18.8 Å². The Morgan fingerprint density at radius 1 is 1.36 bits per heavy atom. The van der Waals surface area contributed by atoms with E-state index in [1.54, 1.807) is 0 Å². The highest BCUT2D eigenvalue weighted by Gasteiger charge is 2.10. The lowest BCUT2D eigenvalue weighted by molar-refractivity contribution is -0.139. The van der Waals surface area contributed by atoms with Crippen molar-refractivity contribution < 1.29 is 14.9 Å². The van der Waals surface area contributed by atoms with Gasteiger partial charge in [0.15, 0.2) is 6.29 Å². The van der Waals surface area contributed by atoms with Crippen LogP contribution in [0.15, 0.2) is 0 Å². The van der Waals surface area contributed by atoms with Crippen LogP contribution in [-0.4, -0.2) is 40.7 Å². The molecule has 68 valence electrons. The van der Waals surface area contributed by atoms with Gasteiger partial charge in [0.05, 0.1) is 12.7 Å². The third-order valence-electron chi connectivity index (χ3n) is 1.13. The van der Waals surface area contributed by atoms with Crippen LogP contribution in [0.3, 0.4) is 0 Å². The molecular weight excluding hydrogens is 184 g/mol. The fraction of sp³-hybridized carbons (Fsp3) is 1.00. The number of ether oxygens (including phenoxy) is 1. The first kappa shape index (κ1) is 11.6. The highest BCUT2D eigenvalue weighted by atomic mass is 32.1. The second-order valence-corrected chi connectivity index (χ2v) is 2.90. The summed E-state index contributed by atoms with van der Waals surface area (Å²) in [7, 11) is 0. The lowest BCUT2D eigenvalue weighted by Gasteiger charge is -2.17. The SMILES string of the molecule is OCC(CS)OC(O)CCS. The van der Waals surface area contributed by atoms with E-state index >= 15 is 0 Å². The molecule has 0 aromatic carbocycles. The molecule has 11 heavy (non-hydrogen) atoms. The van der Waals surface area contributed by atoms with Gasteiger partial charge in [-0.05, 0) is 5.75 Å². The minimum absolute atomic E-state index is 0.118. The fourth-order valence-electron chi connectivity index (χ4n) is 0.544.